The summed E-state index contributed by atoms with van der Waals surface area (Å²) >= 11 is 0. The van der Waals surface area contributed by atoms with Crippen LogP contribution in [0.3, 0.4) is 0 Å². The molecule has 0 spiro atoms. The fraction of sp³-hybridized carbons (Fsp3) is 0.273. The number of aryl methyl sites for hydroxylation is 2. The minimum Gasteiger partial charge on any atom is -0.399 e. The lowest BCUT2D eigenvalue weighted by Crippen LogP contribution is -2.06. The van der Waals surface area contributed by atoms with Crippen molar-refractivity contribution in [2.24, 2.45) is 7.05 Å². The summed E-state index contributed by atoms with van der Waals surface area (Å²) in [5.41, 5.74) is 7.30. The van der Waals surface area contributed by atoms with Gasteiger partial charge in [0, 0.05) is 17.6 Å². The second-order valence-corrected chi connectivity index (χ2v) is 5.23. The first kappa shape index (κ1) is 11.8. The summed E-state index contributed by atoms with van der Waals surface area (Å²) in [4.78, 5) is 4.82. The standard InChI is InChI=1S/C11H14N4OS/c1-8-3-4-9(12)5-10(8)17(16)6-11-13-7-14-15(11)2/h3-5,7H,6,12H2,1-2H3. The molecule has 0 aliphatic rings. The van der Waals surface area contributed by atoms with Crippen molar-refractivity contribution < 1.29 is 4.21 Å². The van der Waals surface area contributed by atoms with Gasteiger partial charge >= 0.3 is 0 Å². The lowest BCUT2D eigenvalue weighted by Gasteiger charge is -2.06. The van der Waals surface area contributed by atoms with Crippen LogP contribution in [0.1, 0.15) is 11.4 Å². The van der Waals surface area contributed by atoms with Gasteiger partial charge < -0.3 is 5.73 Å². The maximum atomic E-state index is 12.2. The van der Waals surface area contributed by atoms with Crippen LogP contribution in [0.4, 0.5) is 5.69 Å². The van der Waals surface area contributed by atoms with Gasteiger partial charge in [-0.15, -0.1) is 0 Å². The van der Waals surface area contributed by atoms with E-state index in [0.717, 1.165) is 10.5 Å². The lowest BCUT2D eigenvalue weighted by molar-refractivity contribution is 0.674. The fourth-order valence-corrected chi connectivity index (χ4v) is 2.85. The Morgan fingerprint density at radius 3 is 2.88 bits per heavy atom. The zero-order valence-corrected chi connectivity index (χ0v) is 10.6. The van der Waals surface area contributed by atoms with Gasteiger partial charge in [-0.1, -0.05) is 6.07 Å². The molecule has 1 heterocycles. The molecule has 90 valence electrons. The van der Waals surface area contributed by atoms with Crippen LogP contribution >= 0.6 is 0 Å². The highest BCUT2D eigenvalue weighted by atomic mass is 32.2. The van der Waals surface area contributed by atoms with E-state index in [9.17, 15) is 4.21 Å². The van der Waals surface area contributed by atoms with E-state index in [-0.39, 0.29) is 0 Å². The summed E-state index contributed by atoms with van der Waals surface area (Å²) in [5.74, 6) is 1.05. The molecule has 0 radical (unpaired) electrons. The molecule has 0 saturated carbocycles. The normalized spacial score (nSPS) is 12.6. The number of nitrogen functional groups attached to an aromatic ring is 1. The van der Waals surface area contributed by atoms with Crippen molar-refractivity contribution in [3.8, 4) is 0 Å². The van der Waals surface area contributed by atoms with E-state index in [2.05, 4.69) is 10.1 Å². The highest BCUT2D eigenvalue weighted by Crippen LogP contribution is 2.18. The van der Waals surface area contributed by atoms with Crippen LogP contribution in [0, 0.1) is 6.92 Å². The van der Waals surface area contributed by atoms with Crippen molar-refractivity contribution in [3.05, 3.63) is 35.9 Å². The summed E-state index contributed by atoms with van der Waals surface area (Å²) in [6.07, 6.45) is 1.46. The Bertz CT molecular complexity index is 564. The molecule has 0 fully saturated rings. The van der Waals surface area contributed by atoms with Gasteiger partial charge in [0.15, 0.2) is 0 Å². The first-order valence-corrected chi connectivity index (χ1v) is 6.47. The number of hydrogen-bond donors (Lipinski definition) is 1. The molecular formula is C11H14N4OS. The van der Waals surface area contributed by atoms with Gasteiger partial charge in [0.25, 0.3) is 0 Å². The summed E-state index contributed by atoms with van der Waals surface area (Å²) in [7, 11) is 0.635. The quantitative estimate of drug-likeness (QED) is 0.825. The topological polar surface area (TPSA) is 73.8 Å². The van der Waals surface area contributed by atoms with E-state index in [0.29, 0.717) is 17.3 Å². The number of nitrogens with two attached hydrogens (primary N) is 1. The third-order valence-electron chi connectivity index (χ3n) is 2.52. The largest absolute Gasteiger partial charge is 0.399 e. The number of rotatable bonds is 3. The molecule has 2 N–H and O–H groups in total. The van der Waals surface area contributed by atoms with Gasteiger partial charge in [0.2, 0.25) is 0 Å². The Labute approximate surface area is 102 Å². The lowest BCUT2D eigenvalue weighted by atomic mass is 10.2. The summed E-state index contributed by atoms with van der Waals surface area (Å²) in [5, 5.41) is 3.95. The molecular weight excluding hydrogens is 236 g/mol. The molecule has 0 aliphatic heterocycles. The Kier molecular flexibility index (Phi) is 3.23. The molecule has 2 rings (SSSR count). The number of anilines is 1. The Hall–Kier alpha value is -1.69. The van der Waals surface area contributed by atoms with Crippen molar-refractivity contribution in [1.82, 2.24) is 14.8 Å². The van der Waals surface area contributed by atoms with Crippen LogP contribution in [-0.2, 0) is 23.6 Å². The smallest absolute Gasteiger partial charge is 0.139 e. The molecule has 0 aliphatic carbocycles. The van der Waals surface area contributed by atoms with Gasteiger partial charge in [-0.3, -0.25) is 8.89 Å². The van der Waals surface area contributed by atoms with E-state index < -0.39 is 10.8 Å². The molecule has 1 aromatic carbocycles. The van der Waals surface area contributed by atoms with Gasteiger partial charge in [0.05, 0.1) is 16.6 Å². The number of nitrogens with zero attached hydrogens (tertiary/aromatic N) is 3. The number of aromatic nitrogens is 3. The van der Waals surface area contributed by atoms with Crippen molar-refractivity contribution in [2.75, 3.05) is 5.73 Å². The van der Waals surface area contributed by atoms with Gasteiger partial charge in [-0.05, 0) is 24.6 Å². The average Bonchev–Trinajstić information content (AvgIpc) is 2.68. The summed E-state index contributed by atoms with van der Waals surface area (Å²) < 4.78 is 13.8. The zero-order chi connectivity index (χ0) is 12.4. The highest BCUT2D eigenvalue weighted by Gasteiger charge is 2.11. The average molecular weight is 250 g/mol. The van der Waals surface area contributed by atoms with Crippen LogP contribution in [-0.4, -0.2) is 19.0 Å². The predicted molar refractivity (Wildman–Crippen MR) is 66.7 cm³/mol. The van der Waals surface area contributed by atoms with Crippen molar-refractivity contribution >= 4 is 16.5 Å². The zero-order valence-electron chi connectivity index (χ0n) is 9.75. The second-order valence-electron chi connectivity index (χ2n) is 3.81. The van der Waals surface area contributed by atoms with Crippen LogP contribution in [0.15, 0.2) is 29.4 Å². The second kappa shape index (κ2) is 4.67. The first-order chi connectivity index (χ1) is 8.08. The van der Waals surface area contributed by atoms with Crippen molar-refractivity contribution in [2.45, 2.75) is 17.6 Å². The molecule has 0 saturated heterocycles. The van der Waals surface area contributed by atoms with Gasteiger partial charge in [0.1, 0.15) is 12.2 Å². The van der Waals surface area contributed by atoms with Gasteiger partial charge in [-0.25, -0.2) is 4.98 Å². The molecule has 17 heavy (non-hydrogen) atoms. The minimum atomic E-state index is -1.15. The highest BCUT2D eigenvalue weighted by molar-refractivity contribution is 7.84. The molecule has 0 amide bonds. The number of benzene rings is 1. The molecule has 2 aromatic rings. The van der Waals surface area contributed by atoms with E-state index in [1.165, 1.54) is 6.33 Å². The molecule has 1 unspecified atom stereocenters. The van der Waals surface area contributed by atoms with Crippen molar-refractivity contribution in [1.29, 1.82) is 0 Å². The Morgan fingerprint density at radius 1 is 1.47 bits per heavy atom. The van der Waals surface area contributed by atoms with E-state index in [1.807, 2.05) is 13.0 Å². The molecule has 0 bridgehead atoms. The summed E-state index contributed by atoms with van der Waals surface area (Å²) in [6, 6.07) is 5.43. The van der Waals surface area contributed by atoms with Crippen LogP contribution in [0.5, 0.6) is 0 Å². The first-order valence-electron chi connectivity index (χ1n) is 5.15. The number of hydrogen-bond acceptors (Lipinski definition) is 4. The summed E-state index contributed by atoms with van der Waals surface area (Å²) in [6.45, 7) is 1.92. The van der Waals surface area contributed by atoms with E-state index in [4.69, 9.17) is 5.73 Å². The van der Waals surface area contributed by atoms with E-state index in [1.54, 1.807) is 23.9 Å². The minimum absolute atomic E-state index is 0.348. The van der Waals surface area contributed by atoms with E-state index >= 15 is 0 Å². The van der Waals surface area contributed by atoms with Crippen molar-refractivity contribution in [3.63, 3.8) is 0 Å². The molecule has 1 atom stereocenters. The maximum absolute atomic E-state index is 12.2. The molecule has 6 heteroatoms. The molecule has 5 nitrogen and oxygen atoms in total. The van der Waals surface area contributed by atoms with Crippen LogP contribution in [0.25, 0.3) is 0 Å². The van der Waals surface area contributed by atoms with Crippen LogP contribution in [0.2, 0.25) is 0 Å². The predicted octanol–water partition coefficient (Wildman–Crippen LogP) is 1.01. The maximum Gasteiger partial charge on any atom is 0.139 e. The third kappa shape index (κ3) is 2.52. The Morgan fingerprint density at radius 2 is 2.24 bits per heavy atom. The Balaban J connectivity index is 2.26. The monoisotopic (exact) mass is 250 g/mol. The third-order valence-corrected chi connectivity index (χ3v) is 3.97. The SMILES string of the molecule is Cc1ccc(N)cc1S(=O)Cc1ncnn1C. The fourth-order valence-electron chi connectivity index (χ4n) is 1.51. The van der Waals surface area contributed by atoms with Crippen LogP contribution < -0.4 is 5.73 Å². The van der Waals surface area contributed by atoms with Gasteiger partial charge in [-0.2, -0.15) is 5.10 Å². The molecule has 1 aromatic heterocycles.